The minimum absolute atomic E-state index is 1.14. The van der Waals surface area contributed by atoms with Gasteiger partial charge < -0.3 is 9.13 Å². The van der Waals surface area contributed by atoms with Crippen LogP contribution in [0.25, 0.3) is 109 Å². The second-order valence-electron chi connectivity index (χ2n) is 14.8. The van der Waals surface area contributed by atoms with E-state index in [9.17, 15) is 0 Å². The first kappa shape index (κ1) is 32.1. The van der Waals surface area contributed by atoms with Crippen molar-refractivity contribution in [3.05, 3.63) is 206 Å². The van der Waals surface area contributed by atoms with E-state index in [4.69, 9.17) is 0 Å². The molecule has 9 aromatic carbocycles. The lowest BCUT2D eigenvalue weighted by atomic mass is 9.97. The topological polar surface area (TPSA) is 9.86 Å². The summed E-state index contributed by atoms with van der Waals surface area (Å²) in [5, 5.41) is 7.68. The summed E-state index contributed by atoms with van der Waals surface area (Å²) in [5.41, 5.74) is 14.5. The van der Waals surface area contributed by atoms with Gasteiger partial charge in [-0.15, -0.1) is 11.3 Å². The third-order valence-corrected chi connectivity index (χ3v) is 13.0. The molecule has 12 rings (SSSR count). The van der Waals surface area contributed by atoms with Gasteiger partial charge >= 0.3 is 0 Å². The van der Waals surface area contributed by atoms with Crippen LogP contribution in [0.1, 0.15) is 0 Å². The average molecular weight is 743 g/mol. The van der Waals surface area contributed by atoms with Crippen LogP contribution < -0.4 is 0 Å². The molecular weight excluding hydrogens is 709 g/mol. The first-order valence-electron chi connectivity index (χ1n) is 19.5. The Morgan fingerprint density at radius 2 is 0.825 bits per heavy atom. The molecule has 0 N–H and O–H groups in total. The smallest absolute Gasteiger partial charge is 0.0619 e. The van der Waals surface area contributed by atoms with E-state index >= 15 is 0 Å². The molecule has 0 bridgehead atoms. The van der Waals surface area contributed by atoms with Gasteiger partial charge in [-0.25, -0.2) is 0 Å². The Bertz CT molecular complexity index is 3490. The van der Waals surface area contributed by atoms with Crippen molar-refractivity contribution in [2.75, 3.05) is 0 Å². The highest BCUT2D eigenvalue weighted by molar-refractivity contribution is 7.26. The van der Waals surface area contributed by atoms with E-state index in [-0.39, 0.29) is 0 Å². The summed E-state index contributed by atoms with van der Waals surface area (Å²) in [6.07, 6.45) is 0. The van der Waals surface area contributed by atoms with E-state index in [1.165, 1.54) is 97.2 Å². The van der Waals surface area contributed by atoms with Crippen molar-refractivity contribution in [2.24, 2.45) is 0 Å². The van der Waals surface area contributed by atoms with E-state index < -0.39 is 0 Å². The summed E-state index contributed by atoms with van der Waals surface area (Å²) in [6.45, 7) is 0. The van der Waals surface area contributed by atoms with Gasteiger partial charge in [0, 0.05) is 58.7 Å². The molecule has 3 heteroatoms. The standard InChI is InChI=1S/C54H34N2S/c1-2-13-38(14-3-1)55-49-24-8-5-17-47(49)52-43(19-12-25-50(52)55)45-21-11-20-44-41-15-4-7-23-48(41)56(53(44)45)39-33-31-36(32-34-39)35-27-29-37(30-28-35)40-18-10-22-46-42-16-6-9-26-51(42)57-54(40)46/h1-34H. The Balaban J connectivity index is 0.994. The first-order chi connectivity index (χ1) is 28.3. The van der Waals surface area contributed by atoms with Gasteiger partial charge in [0.05, 0.1) is 22.1 Å². The van der Waals surface area contributed by atoms with Gasteiger partial charge in [-0.05, 0) is 76.3 Å². The number of rotatable bonds is 5. The van der Waals surface area contributed by atoms with Crippen molar-refractivity contribution < 1.29 is 0 Å². The molecule has 2 nitrogen and oxygen atoms in total. The van der Waals surface area contributed by atoms with Crippen LogP contribution in [0.15, 0.2) is 206 Å². The number of hydrogen-bond acceptors (Lipinski definition) is 1. The molecule has 0 aliphatic carbocycles. The molecule has 0 amide bonds. The fourth-order valence-corrected chi connectivity index (χ4v) is 10.5. The molecule has 57 heavy (non-hydrogen) atoms. The second kappa shape index (κ2) is 12.7. The van der Waals surface area contributed by atoms with Crippen LogP contribution in [0, 0.1) is 0 Å². The third kappa shape index (κ3) is 4.89. The minimum atomic E-state index is 1.14. The molecule has 3 aromatic heterocycles. The van der Waals surface area contributed by atoms with Gasteiger partial charge in [0.2, 0.25) is 0 Å². The van der Waals surface area contributed by atoms with Crippen LogP contribution in [0.5, 0.6) is 0 Å². The number of nitrogens with zero attached hydrogens (tertiary/aromatic N) is 2. The zero-order chi connectivity index (χ0) is 37.5. The molecule has 3 heterocycles. The van der Waals surface area contributed by atoms with E-state index in [1.54, 1.807) is 0 Å². The molecule has 0 saturated carbocycles. The molecular formula is C54H34N2S. The quantitative estimate of drug-likeness (QED) is 0.166. The van der Waals surface area contributed by atoms with Gasteiger partial charge in [-0.3, -0.25) is 0 Å². The van der Waals surface area contributed by atoms with Crippen LogP contribution in [0.4, 0.5) is 0 Å². The van der Waals surface area contributed by atoms with Gasteiger partial charge in [0.1, 0.15) is 0 Å². The molecule has 0 aliphatic heterocycles. The van der Waals surface area contributed by atoms with Crippen molar-refractivity contribution in [3.63, 3.8) is 0 Å². The monoisotopic (exact) mass is 742 g/mol. The van der Waals surface area contributed by atoms with Crippen LogP contribution >= 0.6 is 11.3 Å². The summed E-state index contributed by atoms with van der Waals surface area (Å²) >= 11 is 1.88. The Morgan fingerprint density at radius 1 is 0.298 bits per heavy atom. The Labute approximate surface area is 333 Å². The predicted molar refractivity (Wildman–Crippen MR) is 244 cm³/mol. The van der Waals surface area contributed by atoms with Gasteiger partial charge in [0.15, 0.2) is 0 Å². The third-order valence-electron chi connectivity index (χ3n) is 11.8. The van der Waals surface area contributed by atoms with Gasteiger partial charge in [-0.2, -0.15) is 0 Å². The Kier molecular flexibility index (Phi) is 7.13. The SMILES string of the molecule is c1ccc(-n2c3ccccc3c3c(-c4cccc5c6ccccc6n(-c6ccc(-c7ccc(-c8cccc9c8sc8ccccc89)cc7)cc6)c45)cccc32)cc1. The van der Waals surface area contributed by atoms with Gasteiger partial charge in [0.25, 0.3) is 0 Å². The Hall–Kier alpha value is -7.20. The number of hydrogen-bond donors (Lipinski definition) is 0. The molecule has 0 unspecified atom stereocenters. The zero-order valence-electron chi connectivity index (χ0n) is 30.9. The highest BCUT2D eigenvalue weighted by Gasteiger charge is 2.21. The summed E-state index contributed by atoms with van der Waals surface area (Å²) in [4.78, 5) is 0. The Morgan fingerprint density at radius 3 is 1.61 bits per heavy atom. The zero-order valence-corrected chi connectivity index (χ0v) is 31.7. The molecule has 0 fully saturated rings. The summed E-state index contributed by atoms with van der Waals surface area (Å²) in [5.74, 6) is 0. The first-order valence-corrected chi connectivity index (χ1v) is 20.3. The molecule has 0 aliphatic rings. The number of fused-ring (bicyclic) bond motifs is 9. The normalized spacial score (nSPS) is 11.9. The van der Waals surface area contributed by atoms with Crippen molar-refractivity contribution >= 4 is 75.1 Å². The van der Waals surface area contributed by atoms with Crippen LogP contribution in [0.2, 0.25) is 0 Å². The number of para-hydroxylation sites is 4. The average Bonchev–Trinajstić information content (AvgIpc) is 3.95. The summed E-state index contributed by atoms with van der Waals surface area (Å²) in [7, 11) is 0. The minimum Gasteiger partial charge on any atom is -0.309 e. The lowest BCUT2D eigenvalue weighted by Crippen LogP contribution is -1.96. The van der Waals surface area contributed by atoms with Crippen LogP contribution in [0.3, 0.4) is 0 Å². The van der Waals surface area contributed by atoms with E-state index in [1.807, 2.05) is 11.3 Å². The number of thiophene rings is 1. The van der Waals surface area contributed by atoms with Crippen molar-refractivity contribution in [3.8, 4) is 44.8 Å². The van der Waals surface area contributed by atoms with Crippen molar-refractivity contribution in [1.29, 1.82) is 0 Å². The maximum absolute atomic E-state index is 2.47. The molecule has 0 radical (unpaired) electrons. The lowest BCUT2D eigenvalue weighted by molar-refractivity contribution is 1.18. The molecule has 0 atom stereocenters. The van der Waals surface area contributed by atoms with E-state index in [0.717, 1.165) is 11.4 Å². The second-order valence-corrected chi connectivity index (χ2v) is 15.9. The van der Waals surface area contributed by atoms with Crippen LogP contribution in [-0.2, 0) is 0 Å². The fraction of sp³-hybridized carbons (Fsp3) is 0. The van der Waals surface area contributed by atoms with Crippen LogP contribution in [-0.4, -0.2) is 9.13 Å². The molecule has 0 saturated heterocycles. The van der Waals surface area contributed by atoms with Gasteiger partial charge in [-0.1, -0.05) is 158 Å². The molecule has 12 aromatic rings. The number of benzene rings is 9. The highest BCUT2D eigenvalue weighted by Crippen LogP contribution is 2.44. The number of aromatic nitrogens is 2. The molecule has 266 valence electrons. The molecule has 0 spiro atoms. The maximum atomic E-state index is 2.47. The summed E-state index contributed by atoms with van der Waals surface area (Å²) < 4.78 is 7.55. The highest BCUT2D eigenvalue weighted by atomic mass is 32.1. The van der Waals surface area contributed by atoms with E-state index in [2.05, 4.69) is 215 Å². The lowest BCUT2D eigenvalue weighted by Gasteiger charge is -2.14. The van der Waals surface area contributed by atoms with Crippen molar-refractivity contribution in [1.82, 2.24) is 9.13 Å². The largest absolute Gasteiger partial charge is 0.309 e. The fourth-order valence-electron chi connectivity index (χ4n) is 9.22. The maximum Gasteiger partial charge on any atom is 0.0619 e. The predicted octanol–water partition coefficient (Wildman–Crippen LogP) is 15.2. The van der Waals surface area contributed by atoms with E-state index in [0.29, 0.717) is 0 Å². The summed E-state index contributed by atoms with van der Waals surface area (Å²) in [6, 6.07) is 75.5. The van der Waals surface area contributed by atoms with Crippen molar-refractivity contribution in [2.45, 2.75) is 0 Å².